The molecule has 2 atom stereocenters. The summed E-state index contributed by atoms with van der Waals surface area (Å²) in [6.07, 6.45) is 1.04. The lowest BCUT2D eigenvalue weighted by molar-refractivity contribution is -0.116. The summed E-state index contributed by atoms with van der Waals surface area (Å²) in [5.41, 5.74) is 3.03. The van der Waals surface area contributed by atoms with Crippen LogP contribution in [0.15, 0.2) is 66.7 Å². The van der Waals surface area contributed by atoms with Crippen molar-refractivity contribution in [3.8, 4) is 0 Å². The Morgan fingerprint density at radius 1 is 0.923 bits per heavy atom. The lowest BCUT2D eigenvalue weighted by Crippen LogP contribution is -2.32. The quantitative estimate of drug-likeness (QED) is 0.593. The first-order valence-corrected chi connectivity index (χ1v) is 9.23. The van der Waals surface area contributed by atoms with Gasteiger partial charge in [-0.1, -0.05) is 62.4 Å². The van der Waals surface area contributed by atoms with Crippen LogP contribution in [0.5, 0.6) is 0 Å². The molecule has 3 aromatic rings. The van der Waals surface area contributed by atoms with Crippen LogP contribution in [0.4, 0.5) is 11.4 Å². The third-order valence-corrected chi connectivity index (χ3v) is 4.89. The number of hydrogen-bond acceptors (Lipinski definition) is 2. The summed E-state index contributed by atoms with van der Waals surface area (Å²) in [4.78, 5) is 12.7. The van der Waals surface area contributed by atoms with Crippen LogP contribution in [0.1, 0.15) is 38.7 Å². The van der Waals surface area contributed by atoms with Crippen LogP contribution in [0.2, 0.25) is 0 Å². The number of benzene rings is 3. The van der Waals surface area contributed by atoms with E-state index in [2.05, 4.69) is 54.8 Å². The van der Waals surface area contributed by atoms with Crippen LogP contribution in [0.3, 0.4) is 0 Å². The molecular formula is C23H26N2O. The Balaban J connectivity index is 1.71. The largest absolute Gasteiger partial charge is 0.374 e. The minimum atomic E-state index is -0.332. The number of rotatable bonds is 6. The summed E-state index contributed by atoms with van der Waals surface area (Å²) >= 11 is 0. The molecule has 3 nitrogen and oxygen atoms in total. The van der Waals surface area contributed by atoms with Crippen molar-refractivity contribution in [1.29, 1.82) is 0 Å². The van der Waals surface area contributed by atoms with Gasteiger partial charge in [0.25, 0.3) is 0 Å². The number of fused-ring (bicyclic) bond motifs is 1. The molecule has 26 heavy (non-hydrogen) atoms. The van der Waals surface area contributed by atoms with Gasteiger partial charge in [-0.25, -0.2) is 0 Å². The van der Waals surface area contributed by atoms with E-state index in [0.717, 1.165) is 23.2 Å². The van der Waals surface area contributed by atoms with Gasteiger partial charge in [0.15, 0.2) is 0 Å². The zero-order valence-corrected chi connectivity index (χ0v) is 15.6. The normalized spacial score (nSPS) is 13.2. The van der Waals surface area contributed by atoms with Gasteiger partial charge < -0.3 is 10.6 Å². The van der Waals surface area contributed by atoms with Crippen LogP contribution >= 0.6 is 0 Å². The molecule has 0 unspecified atom stereocenters. The number of carbonyl (C=O) groups is 1. The van der Waals surface area contributed by atoms with Crippen LogP contribution < -0.4 is 10.6 Å². The van der Waals surface area contributed by atoms with Crippen LogP contribution in [0, 0.1) is 0 Å². The Kier molecular flexibility index (Phi) is 5.57. The van der Waals surface area contributed by atoms with E-state index < -0.39 is 0 Å². The molecule has 2 N–H and O–H groups in total. The maximum Gasteiger partial charge on any atom is 0.246 e. The molecule has 0 bridgehead atoms. The number of amides is 1. The van der Waals surface area contributed by atoms with E-state index in [-0.39, 0.29) is 11.9 Å². The summed E-state index contributed by atoms with van der Waals surface area (Å²) in [5.74, 6) is 0.379. The monoisotopic (exact) mass is 346 g/mol. The van der Waals surface area contributed by atoms with Gasteiger partial charge in [0.2, 0.25) is 5.91 Å². The first-order chi connectivity index (χ1) is 12.6. The van der Waals surface area contributed by atoms with Gasteiger partial charge in [-0.2, -0.15) is 0 Å². The summed E-state index contributed by atoms with van der Waals surface area (Å²) in [6.45, 7) is 6.23. The van der Waals surface area contributed by atoms with Crippen molar-refractivity contribution < 1.29 is 4.79 Å². The van der Waals surface area contributed by atoms with Crippen molar-refractivity contribution in [1.82, 2.24) is 0 Å². The number of nitrogens with one attached hydrogen (secondary N) is 2. The van der Waals surface area contributed by atoms with Gasteiger partial charge in [0, 0.05) is 11.4 Å². The predicted octanol–water partition coefficient (Wildman–Crippen LogP) is 5.79. The van der Waals surface area contributed by atoms with E-state index in [9.17, 15) is 4.79 Å². The molecule has 0 saturated carbocycles. The molecule has 0 radical (unpaired) electrons. The first kappa shape index (κ1) is 18.0. The molecule has 0 aromatic heterocycles. The minimum absolute atomic E-state index is 0.0334. The highest BCUT2D eigenvalue weighted by molar-refractivity contribution is 5.97. The van der Waals surface area contributed by atoms with E-state index in [4.69, 9.17) is 0 Å². The molecule has 0 aliphatic rings. The predicted molar refractivity (Wildman–Crippen MR) is 111 cm³/mol. The summed E-state index contributed by atoms with van der Waals surface area (Å²) in [7, 11) is 0. The number of carbonyl (C=O) groups excluding carboxylic acids is 1. The SMILES string of the molecule is CC[C@@H](C)c1ccccc1NC(=O)[C@H](C)Nc1ccc2ccccc2c1. The van der Waals surface area contributed by atoms with Crippen LogP contribution in [-0.2, 0) is 4.79 Å². The Bertz CT molecular complexity index is 903. The fraction of sp³-hybridized carbons (Fsp3) is 0.261. The van der Waals surface area contributed by atoms with Crippen molar-refractivity contribution >= 4 is 28.1 Å². The molecule has 3 heteroatoms. The molecule has 0 fully saturated rings. The molecule has 3 rings (SSSR count). The lowest BCUT2D eigenvalue weighted by atomic mass is 9.97. The number of hydrogen-bond donors (Lipinski definition) is 2. The molecule has 1 amide bonds. The van der Waals surface area contributed by atoms with E-state index in [1.165, 1.54) is 10.9 Å². The highest BCUT2D eigenvalue weighted by Crippen LogP contribution is 2.27. The first-order valence-electron chi connectivity index (χ1n) is 9.23. The molecule has 0 saturated heterocycles. The zero-order chi connectivity index (χ0) is 18.5. The molecule has 134 valence electrons. The molecule has 0 aliphatic heterocycles. The van der Waals surface area contributed by atoms with Crippen molar-refractivity contribution in [2.24, 2.45) is 0 Å². The third kappa shape index (κ3) is 4.05. The molecular weight excluding hydrogens is 320 g/mol. The number of para-hydroxylation sites is 1. The molecule has 0 heterocycles. The van der Waals surface area contributed by atoms with E-state index in [1.54, 1.807) is 0 Å². The van der Waals surface area contributed by atoms with Crippen molar-refractivity contribution in [2.75, 3.05) is 10.6 Å². The minimum Gasteiger partial charge on any atom is -0.374 e. The van der Waals surface area contributed by atoms with Crippen LogP contribution in [-0.4, -0.2) is 11.9 Å². The van der Waals surface area contributed by atoms with Crippen LogP contribution in [0.25, 0.3) is 10.8 Å². The van der Waals surface area contributed by atoms with Crippen molar-refractivity contribution in [3.63, 3.8) is 0 Å². The molecule has 0 spiro atoms. The van der Waals surface area contributed by atoms with Gasteiger partial charge in [-0.15, -0.1) is 0 Å². The van der Waals surface area contributed by atoms with Crippen molar-refractivity contribution in [2.45, 2.75) is 39.2 Å². The van der Waals surface area contributed by atoms with Crippen molar-refractivity contribution in [3.05, 3.63) is 72.3 Å². The highest BCUT2D eigenvalue weighted by Gasteiger charge is 2.16. The maximum atomic E-state index is 12.7. The summed E-state index contributed by atoms with van der Waals surface area (Å²) in [6, 6.07) is 22.1. The molecule has 3 aromatic carbocycles. The van der Waals surface area contributed by atoms with E-state index >= 15 is 0 Å². The van der Waals surface area contributed by atoms with Gasteiger partial charge in [0.1, 0.15) is 6.04 Å². The smallest absolute Gasteiger partial charge is 0.246 e. The summed E-state index contributed by atoms with van der Waals surface area (Å²) in [5, 5.41) is 8.74. The molecule has 0 aliphatic carbocycles. The topological polar surface area (TPSA) is 41.1 Å². The maximum absolute atomic E-state index is 12.7. The third-order valence-electron chi connectivity index (χ3n) is 4.89. The fourth-order valence-electron chi connectivity index (χ4n) is 3.10. The Labute approximate surface area is 155 Å². The van der Waals surface area contributed by atoms with Gasteiger partial charge in [0.05, 0.1) is 0 Å². The number of anilines is 2. The zero-order valence-electron chi connectivity index (χ0n) is 15.6. The standard InChI is InChI=1S/C23H26N2O/c1-4-16(2)21-11-7-8-12-22(21)25-23(26)17(3)24-20-14-13-18-9-5-6-10-19(18)15-20/h5-17,24H,4H2,1-3H3,(H,25,26)/t16-,17+/m1/s1. The fourth-order valence-corrected chi connectivity index (χ4v) is 3.10. The Hall–Kier alpha value is -2.81. The van der Waals surface area contributed by atoms with E-state index in [1.807, 2.05) is 43.3 Å². The van der Waals surface area contributed by atoms with E-state index in [0.29, 0.717) is 5.92 Å². The second kappa shape index (κ2) is 8.05. The Morgan fingerprint density at radius 2 is 1.62 bits per heavy atom. The Morgan fingerprint density at radius 3 is 2.38 bits per heavy atom. The second-order valence-electron chi connectivity index (χ2n) is 6.81. The lowest BCUT2D eigenvalue weighted by Gasteiger charge is -2.19. The average molecular weight is 346 g/mol. The van der Waals surface area contributed by atoms with Gasteiger partial charge in [-0.05, 0) is 53.8 Å². The van der Waals surface area contributed by atoms with Gasteiger partial charge >= 0.3 is 0 Å². The second-order valence-corrected chi connectivity index (χ2v) is 6.81. The summed E-state index contributed by atoms with van der Waals surface area (Å²) < 4.78 is 0. The van der Waals surface area contributed by atoms with Gasteiger partial charge in [-0.3, -0.25) is 4.79 Å². The average Bonchev–Trinajstić information content (AvgIpc) is 2.67. The highest BCUT2D eigenvalue weighted by atomic mass is 16.2.